The highest BCUT2D eigenvalue weighted by molar-refractivity contribution is 5.95. The largest absolute Gasteiger partial charge is 0.370 e. The number of aromatic nitrogens is 1. The minimum absolute atomic E-state index is 0.853. The molecule has 0 fully saturated rings. The minimum Gasteiger partial charge on any atom is -0.370 e. The molecule has 1 aliphatic rings. The van der Waals surface area contributed by atoms with Crippen molar-refractivity contribution >= 4 is 28.4 Å². The van der Waals surface area contributed by atoms with Crippen molar-refractivity contribution in [2.45, 2.75) is 26.3 Å². The third kappa shape index (κ3) is 4.17. The van der Waals surface area contributed by atoms with Crippen LogP contribution in [0, 0.1) is 0 Å². The van der Waals surface area contributed by atoms with E-state index in [0.717, 1.165) is 19.4 Å². The van der Waals surface area contributed by atoms with E-state index in [0.29, 0.717) is 0 Å². The van der Waals surface area contributed by atoms with E-state index in [1.54, 1.807) is 0 Å². The summed E-state index contributed by atoms with van der Waals surface area (Å²) in [6, 6.07) is 30.2. The number of rotatable bonds is 6. The molecule has 4 aromatic rings. The molecule has 0 radical (unpaired) electrons. The molecule has 1 aromatic heterocycles. The van der Waals surface area contributed by atoms with Gasteiger partial charge in [0.2, 0.25) is 0 Å². The summed E-state index contributed by atoms with van der Waals surface area (Å²) >= 11 is 0. The van der Waals surface area contributed by atoms with Gasteiger partial charge in [-0.15, -0.1) is 0 Å². The number of nitrogens with zero attached hydrogens (tertiary/aromatic N) is 2. The average molecular weight is 431 g/mol. The fourth-order valence-electron chi connectivity index (χ4n) is 4.85. The summed E-state index contributed by atoms with van der Waals surface area (Å²) in [5.74, 6) is 0. The van der Waals surface area contributed by atoms with Gasteiger partial charge in [-0.1, -0.05) is 97.1 Å². The van der Waals surface area contributed by atoms with Gasteiger partial charge in [-0.05, 0) is 43.0 Å². The molecule has 0 bridgehead atoms. The molecule has 1 heterocycles. The molecule has 2 heteroatoms. The highest BCUT2D eigenvalue weighted by atomic mass is 15.1. The van der Waals surface area contributed by atoms with Gasteiger partial charge in [-0.25, -0.2) is 0 Å². The number of hydrogen-bond acceptors (Lipinski definition) is 1. The molecule has 0 spiro atoms. The summed E-state index contributed by atoms with van der Waals surface area (Å²) in [5.41, 5.74) is 8.99. The van der Waals surface area contributed by atoms with Gasteiger partial charge in [-0.3, -0.25) is 0 Å². The second kappa shape index (κ2) is 9.38. The first-order valence-electron chi connectivity index (χ1n) is 11.7. The Morgan fingerprint density at radius 2 is 1.61 bits per heavy atom. The van der Waals surface area contributed by atoms with Crippen LogP contribution < -0.4 is 0 Å². The molecule has 1 aliphatic carbocycles. The lowest BCUT2D eigenvalue weighted by Crippen LogP contribution is -2.17. The molecule has 0 amide bonds. The molecule has 5 rings (SSSR count). The van der Waals surface area contributed by atoms with Crippen LogP contribution in [0.25, 0.3) is 28.4 Å². The van der Waals surface area contributed by atoms with E-state index in [1.165, 1.54) is 44.7 Å². The summed E-state index contributed by atoms with van der Waals surface area (Å²) in [6.45, 7) is 3.00. The van der Waals surface area contributed by atoms with Crippen LogP contribution >= 0.6 is 0 Å². The molecule has 0 saturated heterocycles. The van der Waals surface area contributed by atoms with Crippen LogP contribution in [0.3, 0.4) is 0 Å². The van der Waals surface area contributed by atoms with Crippen molar-refractivity contribution in [3.63, 3.8) is 0 Å². The van der Waals surface area contributed by atoms with Gasteiger partial charge in [0.15, 0.2) is 0 Å². The van der Waals surface area contributed by atoms with Crippen molar-refractivity contribution < 1.29 is 0 Å². The van der Waals surface area contributed by atoms with E-state index < -0.39 is 0 Å². The lowest BCUT2D eigenvalue weighted by molar-refractivity contribution is 0.475. The molecular formula is C31H30N2. The second-order valence-electron chi connectivity index (χ2n) is 8.60. The number of allylic oxidation sites excluding steroid dienone is 4. The molecular weight excluding hydrogens is 400 g/mol. The normalized spacial score (nSPS) is 13.9. The Hall–Kier alpha value is -3.78. The van der Waals surface area contributed by atoms with Gasteiger partial charge in [0.1, 0.15) is 0 Å². The molecule has 0 unspecified atom stereocenters. The van der Waals surface area contributed by atoms with E-state index in [4.69, 9.17) is 0 Å². The summed E-state index contributed by atoms with van der Waals surface area (Å²) in [6.07, 6.45) is 11.3. The standard InChI is InChI=1S/C31H30N2/c1-3-26(33-29-20-12-10-18-27(29)28-19-11-13-21-30(28)33)22-31(25-16-8-5-9-17-25)32(2)23-24-14-6-4-7-15-24/h3-12,14-20,22H,13,21,23H2,1-2H3/b26-3+,31-22-. The number of hydrogen-bond donors (Lipinski definition) is 0. The first-order valence-corrected chi connectivity index (χ1v) is 11.7. The minimum atomic E-state index is 0.853. The fraction of sp³-hybridized carbons (Fsp3) is 0.161. The first kappa shape index (κ1) is 21.1. The third-order valence-electron chi connectivity index (χ3n) is 6.43. The van der Waals surface area contributed by atoms with Crippen LogP contribution in [0.5, 0.6) is 0 Å². The molecule has 0 N–H and O–H groups in total. The maximum atomic E-state index is 2.47. The Balaban J connectivity index is 1.64. The monoisotopic (exact) mass is 430 g/mol. The highest BCUT2D eigenvalue weighted by Crippen LogP contribution is 2.35. The molecule has 0 atom stereocenters. The van der Waals surface area contributed by atoms with E-state index >= 15 is 0 Å². The van der Waals surface area contributed by atoms with Crippen molar-refractivity contribution in [3.8, 4) is 0 Å². The summed E-state index contributed by atoms with van der Waals surface area (Å²) in [7, 11) is 2.19. The van der Waals surface area contributed by atoms with Crippen LogP contribution in [0.15, 0.2) is 103 Å². The predicted octanol–water partition coefficient (Wildman–Crippen LogP) is 7.63. The summed E-state index contributed by atoms with van der Waals surface area (Å²) < 4.78 is 2.47. The van der Waals surface area contributed by atoms with Gasteiger partial charge < -0.3 is 9.47 Å². The smallest absolute Gasteiger partial charge is 0.0537 e. The summed E-state index contributed by atoms with van der Waals surface area (Å²) in [5, 5.41) is 1.33. The number of fused-ring (bicyclic) bond motifs is 3. The lowest BCUT2D eigenvalue weighted by atomic mass is 10.0. The topological polar surface area (TPSA) is 8.17 Å². The molecule has 0 saturated carbocycles. The molecule has 3 aromatic carbocycles. The quantitative estimate of drug-likeness (QED) is 0.285. The maximum Gasteiger partial charge on any atom is 0.0537 e. The van der Waals surface area contributed by atoms with Crippen molar-refractivity contribution in [1.29, 1.82) is 0 Å². The Bertz CT molecular complexity index is 1340. The van der Waals surface area contributed by atoms with Gasteiger partial charge in [0, 0.05) is 41.6 Å². The Kier molecular flexibility index (Phi) is 5.99. The second-order valence-corrected chi connectivity index (χ2v) is 8.60. The van der Waals surface area contributed by atoms with Gasteiger partial charge in [0.25, 0.3) is 0 Å². The SMILES string of the molecule is C/C=C(\C=C(\c1ccccc1)N(C)Cc1ccccc1)n1c2c(c3ccccc31)C=CCC2. The maximum absolute atomic E-state index is 2.47. The fourth-order valence-corrected chi connectivity index (χ4v) is 4.85. The van der Waals surface area contributed by atoms with Crippen LogP contribution in [0.1, 0.15) is 35.7 Å². The Labute approximate surface area is 196 Å². The van der Waals surface area contributed by atoms with Crippen LogP contribution in [0.2, 0.25) is 0 Å². The number of para-hydroxylation sites is 1. The zero-order valence-electron chi connectivity index (χ0n) is 19.4. The van der Waals surface area contributed by atoms with Crippen LogP contribution in [0.4, 0.5) is 0 Å². The van der Waals surface area contributed by atoms with Crippen LogP contribution in [-0.2, 0) is 13.0 Å². The predicted molar refractivity (Wildman–Crippen MR) is 142 cm³/mol. The van der Waals surface area contributed by atoms with E-state index in [9.17, 15) is 0 Å². The van der Waals surface area contributed by atoms with E-state index in [1.807, 2.05) is 0 Å². The zero-order chi connectivity index (χ0) is 22.6. The Morgan fingerprint density at radius 1 is 0.909 bits per heavy atom. The lowest BCUT2D eigenvalue weighted by Gasteiger charge is -2.25. The van der Waals surface area contributed by atoms with Gasteiger partial charge in [0.05, 0.1) is 5.52 Å². The van der Waals surface area contributed by atoms with Crippen molar-refractivity contribution in [2.75, 3.05) is 7.05 Å². The van der Waals surface area contributed by atoms with Crippen LogP contribution in [-0.4, -0.2) is 16.5 Å². The van der Waals surface area contributed by atoms with Crippen molar-refractivity contribution in [3.05, 3.63) is 126 Å². The highest BCUT2D eigenvalue weighted by Gasteiger charge is 2.19. The molecule has 2 nitrogen and oxygen atoms in total. The van der Waals surface area contributed by atoms with Crippen molar-refractivity contribution in [1.82, 2.24) is 9.47 Å². The average Bonchev–Trinajstić information content (AvgIpc) is 3.20. The van der Waals surface area contributed by atoms with Crippen molar-refractivity contribution in [2.24, 2.45) is 0 Å². The molecule has 164 valence electrons. The number of benzene rings is 3. The zero-order valence-corrected chi connectivity index (χ0v) is 19.4. The van der Waals surface area contributed by atoms with E-state index in [2.05, 4.69) is 133 Å². The molecule has 33 heavy (non-hydrogen) atoms. The van der Waals surface area contributed by atoms with E-state index in [-0.39, 0.29) is 0 Å². The summed E-state index contributed by atoms with van der Waals surface area (Å²) in [4.78, 5) is 2.35. The van der Waals surface area contributed by atoms with Gasteiger partial charge in [-0.2, -0.15) is 0 Å². The molecule has 0 aliphatic heterocycles. The third-order valence-corrected chi connectivity index (χ3v) is 6.43. The van der Waals surface area contributed by atoms with Gasteiger partial charge >= 0.3 is 0 Å². The first-order chi connectivity index (χ1) is 16.3. The Morgan fingerprint density at radius 3 is 2.36 bits per heavy atom.